The number of rotatable bonds is 6. The number of hydrogen-bond donors (Lipinski definition) is 1. The maximum absolute atomic E-state index is 12.6. The van der Waals surface area contributed by atoms with E-state index in [1.165, 1.54) is 18.4 Å². The van der Waals surface area contributed by atoms with Crippen LogP contribution in [0.3, 0.4) is 0 Å². The van der Waals surface area contributed by atoms with Crippen molar-refractivity contribution in [3.05, 3.63) is 60.0 Å². The van der Waals surface area contributed by atoms with Crippen LogP contribution in [0.2, 0.25) is 0 Å². The second-order valence-electron chi connectivity index (χ2n) is 5.28. The smallest absolute Gasteiger partial charge is 0.416 e. The van der Waals surface area contributed by atoms with Crippen LogP contribution in [0.15, 0.2) is 57.7 Å². The molecule has 136 valence electrons. The zero-order chi connectivity index (χ0) is 18.6. The highest BCUT2D eigenvalue weighted by atomic mass is 19.4. The number of aromatic nitrogens is 1. The summed E-state index contributed by atoms with van der Waals surface area (Å²) >= 11 is 0. The fraction of sp³-hybridized carbons (Fsp3) is 0.176. The number of carbonyl (C=O) groups is 1. The lowest BCUT2D eigenvalue weighted by molar-refractivity contribution is -0.137. The van der Waals surface area contributed by atoms with Crippen molar-refractivity contribution >= 4 is 11.6 Å². The van der Waals surface area contributed by atoms with Crippen molar-refractivity contribution in [3.8, 4) is 11.5 Å². The monoisotopic (exact) mass is 366 g/mol. The first kappa shape index (κ1) is 17.7. The number of amides is 1. The SMILES string of the molecule is O=C(COCc1cc(-c2ccco2)on1)Nc1cccc(C(F)(F)F)c1. The Balaban J connectivity index is 1.49. The third-order valence-electron chi connectivity index (χ3n) is 3.28. The maximum Gasteiger partial charge on any atom is 0.416 e. The van der Waals surface area contributed by atoms with Crippen LogP contribution >= 0.6 is 0 Å². The highest BCUT2D eigenvalue weighted by molar-refractivity contribution is 5.91. The van der Waals surface area contributed by atoms with Crippen molar-refractivity contribution in [3.63, 3.8) is 0 Å². The molecule has 3 rings (SSSR count). The third-order valence-corrected chi connectivity index (χ3v) is 3.28. The number of ether oxygens (including phenoxy) is 1. The molecule has 1 aromatic carbocycles. The molecule has 0 atom stereocenters. The Morgan fingerprint density at radius 3 is 2.73 bits per heavy atom. The van der Waals surface area contributed by atoms with Gasteiger partial charge >= 0.3 is 6.18 Å². The standard InChI is InChI=1S/C17H13F3N2O4/c18-17(19,20)11-3-1-4-12(7-11)21-16(23)10-24-9-13-8-15(26-22-13)14-5-2-6-25-14/h1-8H,9-10H2,(H,21,23). The minimum atomic E-state index is -4.48. The molecule has 0 unspecified atom stereocenters. The highest BCUT2D eigenvalue weighted by Gasteiger charge is 2.30. The summed E-state index contributed by atoms with van der Waals surface area (Å²) in [6.45, 7) is -0.348. The molecule has 2 heterocycles. The molecule has 0 aliphatic carbocycles. The summed E-state index contributed by atoms with van der Waals surface area (Å²) in [6.07, 6.45) is -2.98. The summed E-state index contributed by atoms with van der Waals surface area (Å²) in [5.74, 6) is 0.340. The molecule has 0 aliphatic rings. The van der Waals surface area contributed by atoms with Gasteiger partial charge in [-0.25, -0.2) is 0 Å². The van der Waals surface area contributed by atoms with Crippen molar-refractivity contribution in [1.82, 2.24) is 5.16 Å². The van der Waals surface area contributed by atoms with Gasteiger partial charge in [0.25, 0.3) is 0 Å². The molecule has 0 saturated heterocycles. The molecule has 0 spiro atoms. The van der Waals surface area contributed by atoms with E-state index < -0.39 is 17.6 Å². The summed E-state index contributed by atoms with van der Waals surface area (Å²) in [7, 11) is 0. The highest BCUT2D eigenvalue weighted by Crippen LogP contribution is 2.30. The van der Waals surface area contributed by atoms with E-state index in [-0.39, 0.29) is 18.9 Å². The average Bonchev–Trinajstić information content (AvgIpc) is 3.25. The summed E-state index contributed by atoms with van der Waals surface area (Å²) in [5, 5.41) is 6.12. The van der Waals surface area contributed by atoms with E-state index in [9.17, 15) is 18.0 Å². The Bertz CT molecular complexity index is 872. The maximum atomic E-state index is 12.6. The van der Waals surface area contributed by atoms with Gasteiger partial charge in [-0.2, -0.15) is 13.2 Å². The van der Waals surface area contributed by atoms with Crippen LogP contribution in [0, 0.1) is 0 Å². The second kappa shape index (κ2) is 7.44. The number of hydrogen-bond acceptors (Lipinski definition) is 5. The van der Waals surface area contributed by atoms with Crippen LogP contribution in [0.25, 0.3) is 11.5 Å². The molecule has 9 heteroatoms. The predicted octanol–water partition coefficient (Wildman–Crippen LogP) is 4.11. The zero-order valence-corrected chi connectivity index (χ0v) is 13.2. The lowest BCUT2D eigenvalue weighted by atomic mass is 10.2. The fourth-order valence-corrected chi connectivity index (χ4v) is 2.13. The van der Waals surface area contributed by atoms with E-state index in [1.54, 1.807) is 18.2 Å². The summed E-state index contributed by atoms with van der Waals surface area (Å²) < 4.78 is 53.3. The number of nitrogens with one attached hydrogen (secondary N) is 1. The average molecular weight is 366 g/mol. The summed E-state index contributed by atoms with van der Waals surface area (Å²) in [4.78, 5) is 11.8. The molecule has 3 aromatic rings. The quantitative estimate of drug-likeness (QED) is 0.710. The molecule has 0 fully saturated rings. The van der Waals surface area contributed by atoms with Crippen LogP contribution in [-0.4, -0.2) is 17.7 Å². The van der Waals surface area contributed by atoms with Crippen LogP contribution in [0.4, 0.5) is 18.9 Å². The van der Waals surface area contributed by atoms with Gasteiger partial charge in [-0.05, 0) is 30.3 Å². The van der Waals surface area contributed by atoms with Gasteiger partial charge in [0.2, 0.25) is 11.7 Å². The number of halogens is 3. The van der Waals surface area contributed by atoms with E-state index in [4.69, 9.17) is 13.7 Å². The van der Waals surface area contributed by atoms with Crippen molar-refractivity contribution in [2.75, 3.05) is 11.9 Å². The molecule has 0 radical (unpaired) electrons. The van der Waals surface area contributed by atoms with Gasteiger partial charge in [-0.1, -0.05) is 11.2 Å². The van der Waals surface area contributed by atoms with Crippen LogP contribution in [-0.2, 0) is 22.3 Å². The van der Waals surface area contributed by atoms with Gasteiger partial charge in [-0.3, -0.25) is 4.79 Å². The van der Waals surface area contributed by atoms with Crippen LogP contribution in [0.5, 0.6) is 0 Å². The fourth-order valence-electron chi connectivity index (χ4n) is 2.13. The minimum Gasteiger partial charge on any atom is -0.461 e. The molecule has 0 saturated carbocycles. The Hall–Kier alpha value is -3.07. The van der Waals surface area contributed by atoms with Gasteiger partial charge in [0.15, 0.2) is 5.76 Å². The first-order valence-corrected chi connectivity index (χ1v) is 7.46. The summed E-state index contributed by atoms with van der Waals surface area (Å²) in [5.41, 5.74) is -0.359. The van der Waals surface area contributed by atoms with Gasteiger partial charge in [0.05, 0.1) is 18.4 Å². The second-order valence-corrected chi connectivity index (χ2v) is 5.28. The third kappa shape index (κ3) is 4.51. The van der Waals surface area contributed by atoms with Crippen molar-refractivity contribution < 1.29 is 31.6 Å². The van der Waals surface area contributed by atoms with Gasteiger partial charge < -0.3 is 19.0 Å². The van der Waals surface area contributed by atoms with Gasteiger partial charge in [-0.15, -0.1) is 0 Å². The molecule has 0 bridgehead atoms. The van der Waals surface area contributed by atoms with Gasteiger partial charge in [0, 0.05) is 11.8 Å². The number of furan rings is 1. The number of anilines is 1. The van der Waals surface area contributed by atoms with Crippen molar-refractivity contribution in [2.24, 2.45) is 0 Å². The predicted molar refractivity (Wildman–Crippen MR) is 83.9 cm³/mol. The minimum absolute atomic E-state index is 0.000218. The Kier molecular flexibility index (Phi) is 5.08. The molecule has 26 heavy (non-hydrogen) atoms. The number of benzene rings is 1. The van der Waals surface area contributed by atoms with E-state index in [0.717, 1.165) is 12.1 Å². The number of carbonyl (C=O) groups excluding carboxylic acids is 1. The van der Waals surface area contributed by atoms with Crippen LogP contribution in [0.1, 0.15) is 11.3 Å². The Morgan fingerprint density at radius 1 is 1.15 bits per heavy atom. The molecular formula is C17H13F3N2O4. The topological polar surface area (TPSA) is 77.5 Å². The molecule has 2 aromatic heterocycles. The Morgan fingerprint density at radius 2 is 2.00 bits per heavy atom. The Labute approximate surface area is 145 Å². The molecule has 0 aliphatic heterocycles. The van der Waals surface area contributed by atoms with Crippen molar-refractivity contribution in [2.45, 2.75) is 12.8 Å². The molecule has 1 amide bonds. The zero-order valence-electron chi connectivity index (χ0n) is 13.2. The molecular weight excluding hydrogens is 353 g/mol. The van der Waals surface area contributed by atoms with E-state index in [2.05, 4.69) is 10.5 Å². The number of alkyl halides is 3. The normalized spacial score (nSPS) is 11.5. The first-order valence-electron chi connectivity index (χ1n) is 7.46. The summed E-state index contributed by atoms with van der Waals surface area (Å²) in [6, 6.07) is 9.35. The largest absolute Gasteiger partial charge is 0.461 e. The lowest BCUT2D eigenvalue weighted by Crippen LogP contribution is -2.18. The molecule has 1 N–H and O–H groups in total. The van der Waals surface area contributed by atoms with Gasteiger partial charge in [0.1, 0.15) is 12.3 Å². The van der Waals surface area contributed by atoms with E-state index >= 15 is 0 Å². The molecule has 6 nitrogen and oxygen atoms in total. The van der Waals surface area contributed by atoms with Crippen molar-refractivity contribution in [1.29, 1.82) is 0 Å². The van der Waals surface area contributed by atoms with Crippen LogP contribution < -0.4 is 5.32 Å². The lowest BCUT2D eigenvalue weighted by Gasteiger charge is -2.09. The number of nitrogens with zero attached hydrogens (tertiary/aromatic N) is 1. The van der Waals surface area contributed by atoms with E-state index in [0.29, 0.717) is 17.2 Å². The van der Waals surface area contributed by atoms with E-state index in [1.807, 2.05) is 0 Å². The first-order chi connectivity index (χ1) is 12.4.